The molecule has 0 aliphatic heterocycles. The minimum Gasteiger partial charge on any atom is -0.354 e. The lowest BCUT2D eigenvalue weighted by molar-refractivity contribution is 1.19. The lowest BCUT2D eigenvalue weighted by Gasteiger charge is -2.17. The number of hydrogen-bond donors (Lipinski definition) is 1. The first-order chi connectivity index (χ1) is 36.0. The SMILES string of the molecule is Brc1ccc2[nH]c3c(c2c1)c1ccccc1c1c2ccccc2c2ccccc2c31.Brc1ccc2c(c1)c1c3ccccc3c3c4ccccc4c4ccccc4c3c1n2-c1ccccc1.Brc1ccccc1.C. The summed E-state index contributed by atoms with van der Waals surface area (Å²) in [6.07, 6.45) is 0. The van der Waals surface area contributed by atoms with E-state index in [9.17, 15) is 0 Å². The summed E-state index contributed by atoms with van der Waals surface area (Å²) in [6, 6.07) is 87.0. The van der Waals surface area contributed by atoms with Crippen LogP contribution < -0.4 is 0 Å². The first-order valence-electron chi connectivity index (χ1n) is 24.5. The Morgan fingerprint density at radius 1 is 0.270 bits per heavy atom. The van der Waals surface area contributed by atoms with Crippen molar-refractivity contribution >= 4 is 178 Å². The van der Waals surface area contributed by atoms with Crippen molar-refractivity contribution in [3.8, 4) is 5.69 Å². The fraction of sp³-hybridized carbons (Fsp3) is 0.0145. The Morgan fingerprint density at radius 2 is 0.635 bits per heavy atom. The second-order valence-electron chi connectivity index (χ2n) is 18.7. The van der Waals surface area contributed by atoms with E-state index in [2.05, 4.69) is 270 Å². The largest absolute Gasteiger partial charge is 0.354 e. The molecule has 5 heteroatoms. The van der Waals surface area contributed by atoms with Crippen molar-refractivity contribution < 1.29 is 0 Å². The van der Waals surface area contributed by atoms with E-state index in [-0.39, 0.29) is 7.43 Å². The van der Waals surface area contributed by atoms with Crippen molar-refractivity contribution in [2.75, 3.05) is 0 Å². The van der Waals surface area contributed by atoms with Crippen LogP contribution in [0.5, 0.6) is 0 Å². The summed E-state index contributed by atoms with van der Waals surface area (Å²) in [6.45, 7) is 0. The predicted molar refractivity (Wildman–Crippen MR) is 333 cm³/mol. The molecule has 0 bridgehead atoms. The number of para-hydroxylation sites is 1. The van der Waals surface area contributed by atoms with Gasteiger partial charge in [-0.1, -0.05) is 237 Å². The van der Waals surface area contributed by atoms with Crippen LogP contribution in [0.4, 0.5) is 0 Å². The predicted octanol–water partition coefficient (Wildman–Crippen LogP) is 21.9. The van der Waals surface area contributed by atoms with E-state index < -0.39 is 0 Å². The maximum absolute atomic E-state index is 3.78. The number of nitrogens with one attached hydrogen (secondary N) is 1. The Bertz CT molecular complexity index is 4880. The van der Waals surface area contributed by atoms with E-state index in [0.29, 0.717) is 0 Å². The van der Waals surface area contributed by atoms with Crippen LogP contribution in [0.3, 0.4) is 0 Å². The van der Waals surface area contributed by atoms with E-state index >= 15 is 0 Å². The van der Waals surface area contributed by atoms with Crippen LogP contribution in [0.2, 0.25) is 0 Å². The molecule has 1 N–H and O–H groups in total. The van der Waals surface area contributed by atoms with Crippen molar-refractivity contribution in [1.82, 2.24) is 9.55 Å². The molecule has 0 fully saturated rings. The molecule has 2 heterocycles. The molecule has 0 amide bonds. The lowest BCUT2D eigenvalue weighted by Crippen LogP contribution is -1.95. The summed E-state index contributed by atoms with van der Waals surface area (Å²) in [4.78, 5) is 3.78. The third-order valence-electron chi connectivity index (χ3n) is 14.7. The van der Waals surface area contributed by atoms with Gasteiger partial charge in [-0.2, -0.15) is 0 Å². The molecule has 16 aromatic rings. The summed E-state index contributed by atoms with van der Waals surface area (Å²) in [5.41, 5.74) is 6.05. The van der Waals surface area contributed by atoms with Crippen LogP contribution in [0, 0.1) is 0 Å². The standard InChI is InChI=1S/C34H20BrN.C28H16BrN.C6H5Br.CH4/c35-21-18-19-30-29(20-21)32-28-17-9-8-16-27(28)31-25-14-6-4-12-23(25)24-13-5-7-15-26(24)33(31)34(32)36(30)22-10-2-1-3-11-22;29-16-13-14-24-23(15-16)26-22-12-6-5-11-21(22)25-19-9-3-1-7-17(19)18-8-2-4-10-20(18)27(25)28(26)30-24;7-6-4-2-1-3-5-6;/h1-20H;1-15,30H;1-5H;1H4. The van der Waals surface area contributed by atoms with Gasteiger partial charge in [-0.25, -0.2) is 0 Å². The molecule has 0 spiro atoms. The number of nitrogens with zero attached hydrogens (tertiary/aromatic N) is 1. The fourth-order valence-electron chi connectivity index (χ4n) is 11.9. The molecule has 2 aromatic heterocycles. The number of fused-ring (bicyclic) bond motifs is 26. The molecule has 16 rings (SSSR count). The van der Waals surface area contributed by atoms with Crippen molar-refractivity contribution in [3.05, 3.63) is 256 Å². The average Bonchev–Trinajstić information content (AvgIpc) is 4.02. The quantitative estimate of drug-likeness (QED) is 0.158. The van der Waals surface area contributed by atoms with E-state index in [0.717, 1.165) is 13.4 Å². The maximum atomic E-state index is 3.78. The number of aromatic nitrogens is 2. The molecule has 2 nitrogen and oxygen atoms in total. The Labute approximate surface area is 452 Å². The van der Waals surface area contributed by atoms with Gasteiger partial charge in [0.2, 0.25) is 0 Å². The molecule has 0 saturated heterocycles. The van der Waals surface area contributed by atoms with E-state index in [1.54, 1.807) is 0 Å². The minimum absolute atomic E-state index is 0. The van der Waals surface area contributed by atoms with E-state index in [1.807, 2.05) is 30.3 Å². The topological polar surface area (TPSA) is 20.7 Å². The molecule has 0 saturated carbocycles. The monoisotopic (exact) mass is 1140 g/mol. The number of benzene rings is 14. The van der Waals surface area contributed by atoms with Gasteiger partial charge in [-0.15, -0.1) is 0 Å². The van der Waals surface area contributed by atoms with Gasteiger partial charge in [0.05, 0.1) is 16.6 Å². The van der Waals surface area contributed by atoms with Gasteiger partial charge in [0.25, 0.3) is 0 Å². The van der Waals surface area contributed by atoms with Crippen LogP contribution >= 0.6 is 47.8 Å². The molecular weight excluding hydrogens is 1100 g/mol. The highest BCUT2D eigenvalue weighted by Gasteiger charge is 2.23. The van der Waals surface area contributed by atoms with Gasteiger partial charge >= 0.3 is 0 Å². The van der Waals surface area contributed by atoms with Crippen LogP contribution in [0.1, 0.15) is 7.43 Å². The average molecular weight is 1140 g/mol. The summed E-state index contributed by atoms with van der Waals surface area (Å²) >= 11 is 10.7. The summed E-state index contributed by atoms with van der Waals surface area (Å²) in [7, 11) is 0. The van der Waals surface area contributed by atoms with Crippen LogP contribution in [0.15, 0.2) is 256 Å². The number of halogens is 3. The number of aromatic amines is 1. The highest BCUT2D eigenvalue weighted by molar-refractivity contribution is 9.11. The Kier molecular flexibility index (Phi) is 11.6. The molecule has 0 radical (unpaired) electrons. The van der Waals surface area contributed by atoms with Gasteiger partial charge < -0.3 is 9.55 Å². The van der Waals surface area contributed by atoms with Gasteiger partial charge in [0.1, 0.15) is 0 Å². The number of hydrogen-bond acceptors (Lipinski definition) is 0. The second kappa shape index (κ2) is 18.6. The number of rotatable bonds is 1. The van der Waals surface area contributed by atoms with Gasteiger partial charge in [0, 0.05) is 67.7 Å². The zero-order valence-electron chi connectivity index (χ0n) is 39.2. The minimum atomic E-state index is 0. The van der Waals surface area contributed by atoms with Crippen molar-refractivity contribution in [1.29, 1.82) is 0 Å². The third kappa shape index (κ3) is 7.24. The molecule has 0 aliphatic rings. The molecule has 0 atom stereocenters. The number of H-pyrrole nitrogens is 1. The maximum Gasteiger partial charge on any atom is 0.0632 e. The normalized spacial score (nSPS) is 11.6. The zero-order valence-corrected chi connectivity index (χ0v) is 43.9. The van der Waals surface area contributed by atoms with Crippen molar-refractivity contribution in [2.45, 2.75) is 7.43 Å². The van der Waals surface area contributed by atoms with Crippen LogP contribution in [-0.4, -0.2) is 9.55 Å². The molecule has 352 valence electrons. The summed E-state index contributed by atoms with van der Waals surface area (Å²) in [5.74, 6) is 0. The van der Waals surface area contributed by atoms with Crippen LogP contribution in [0.25, 0.3) is 135 Å². The third-order valence-corrected chi connectivity index (χ3v) is 16.2. The van der Waals surface area contributed by atoms with E-state index in [4.69, 9.17) is 0 Å². The summed E-state index contributed by atoms with van der Waals surface area (Å²) in [5, 5.41) is 26.0. The lowest BCUT2D eigenvalue weighted by atomic mass is 9.89. The van der Waals surface area contributed by atoms with Gasteiger partial charge in [0.15, 0.2) is 0 Å². The highest BCUT2D eigenvalue weighted by atomic mass is 79.9. The first-order valence-corrected chi connectivity index (χ1v) is 26.9. The van der Waals surface area contributed by atoms with Gasteiger partial charge in [-0.3, -0.25) is 0 Å². The smallest absolute Gasteiger partial charge is 0.0632 e. The Balaban J connectivity index is 0.000000126. The highest BCUT2D eigenvalue weighted by Crippen LogP contribution is 2.49. The molecule has 0 unspecified atom stereocenters. The Hall–Kier alpha value is -7.80. The van der Waals surface area contributed by atoms with Crippen LogP contribution in [-0.2, 0) is 0 Å². The fourth-order valence-corrected chi connectivity index (χ4v) is 12.9. The van der Waals surface area contributed by atoms with Crippen molar-refractivity contribution in [3.63, 3.8) is 0 Å². The molecule has 74 heavy (non-hydrogen) atoms. The summed E-state index contributed by atoms with van der Waals surface area (Å²) < 4.78 is 5.79. The first kappa shape index (κ1) is 46.0. The molecule has 14 aromatic carbocycles. The molecule has 0 aliphatic carbocycles. The van der Waals surface area contributed by atoms with Gasteiger partial charge in [-0.05, 0) is 125 Å². The van der Waals surface area contributed by atoms with Crippen molar-refractivity contribution in [2.24, 2.45) is 0 Å². The zero-order chi connectivity index (χ0) is 48.7. The Morgan fingerprint density at radius 3 is 1.12 bits per heavy atom. The molecular formula is C69H45Br3N2. The van der Waals surface area contributed by atoms with E-state index in [1.165, 1.54) is 135 Å². The second-order valence-corrected chi connectivity index (χ2v) is 21.4.